The summed E-state index contributed by atoms with van der Waals surface area (Å²) in [5.74, 6) is -0.267. The van der Waals surface area contributed by atoms with Gasteiger partial charge in [0.15, 0.2) is 5.78 Å². The lowest BCUT2D eigenvalue weighted by atomic mass is 10.1. The highest BCUT2D eigenvalue weighted by Crippen LogP contribution is 2.38. The second-order valence-electron chi connectivity index (χ2n) is 8.04. The number of anilines is 1. The fourth-order valence-corrected chi connectivity index (χ4v) is 6.50. The van der Waals surface area contributed by atoms with Gasteiger partial charge in [-0.15, -0.1) is 10.2 Å². The zero-order valence-electron chi connectivity index (χ0n) is 17.8. The number of sulfonamides is 1. The summed E-state index contributed by atoms with van der Waals surface area (Å²) >= 11 is 0.829. The van der Waals surface area contributed by atoms with Crippen molar-refractivity contribution in [3.05, 3.63) is 23.0 Å². The molecule has 12 heteroatoms. The topological polar surface area (TPSA) is 118 Å². The summed E-state index contributed by atoms with van der Waals surface area (Å²) in [5, 5.41) is 10.0. The van der Waals surface area contributed by atoms with Crippen molar-refractivity contribution in [2.75, 3.05) is 38.0 Å². The third kappa shape index (κ3) is 4.56. The Morgan fingerprint density at radius 2 is 1.84 bits per heavy atom. The van der Waals surface area contributed by atoms with E-state index in [-0.39, 0.29) is 40.8 Å². The van der Waals surface area contributed by atoms with E-state index in [4.69, 9.17) is 0 Å². The highest BCUT2D eigenvalue weighted by atomic mass is 32.2. The smallest absolute Gasteiger partial charge is 0.272 e. The van der Waals surface area contributed by atoms with E-state index < -0.39 is 10.0 Å². The first-order valence-electron chi connectivity index (χ1n) is 10.2. The van der Waals surface area contributed by atoms with E-state index in [0.717, 1.165) is 28.3 Å². The van der Waals surface area contributed by atoms with Gasteiger partial charge in [-0.1, -0.05) is 11.3 Å². The molecule has 0 aromatic carbocycles. The summed E-state index contributed by atoms with van der Waals surface area (Å²) in [6.07, 6.45) is 2.34. The van der Waals surface area contributed by atoms with Crippen molar-refractivity contribution in [1.29, 1.82) is 0 Å². The van der Waals surface area contributed by atoms with E-state index >= 15 is 0 Å². The summed E-state index contributed by atoms with van der Waals surface area (Å²) in [5.41, 5.74) is 2.91. The van der Waals surface area contributed by atoms with Gasteiger partial charge < -0.3 is 9.88 Å². The second kappa shape index (κ2) is 8.41. The predicted octanol–water partition coefficient (Wildman–Crippen LogP) is 1.44. The molecule has 2 aromatic rings. The van der Waals surface area contributed by atoms with Crippen LogP contribution in [0.15, 0.2) is 10.4 Å². The molecule has 2 aromatic heterocycles. The zero-order valence-corrected chi connectivity index (χ0v) is 19.4. The van der Waals surface area contributed by atoms with Crippen molar-refractivity contribution in [2.24, 2.45) is 0 Å². The average molecular weight is 467 g/mol. The van der Waals surface area contributed by atoms with Gasteiger partial charge in [-0.25, -0.2) is 8.42 Å². The number of aromatic nitrogens is 3. The zero-order chi connectivity index (χ0) is 22.3. The number of amides is 1. The number of carbonyl (C=O) groups excluding carboxylic acids is 2. The first kappa shape index (κ1) is 22.1. The number of nitrogens with one attached hydrogen (secondary N) is 1. The van der Waals surface area contributed by atoms with Gasteiger partial charge in [-0.05, 0) is 32.8 Å². The van der Waals surface area contributed by atoms with Crippen LogP contribution in [0.2, 0.25) is 0 Å². The molecule has 2 fully saturated rings. The van der Waals surface area contributed by atoms with Gasteiger partial charge in [0.25, 0.3) is 10.0 Å². The molecule has 2 aliphatic rings. The standard InChI is InChI=1S/C19H26N6O4S2/c1-12-10-16(13(2)25(12)15-4-5-15)17(27)11-23-6-8-24(9-7-23)31(28,29)19-22-21-18(30-19)20-14(3)26/h10,15H,4-9,11H2,1-3H3,(H,20,21,26). The van der Waals surface area contributed by atoms with Crippen LogP contribution in [0.4, 0.5) is 5.13 Å². The Hall–Kier alpha value is -2.15. The maximum absolute atomic E-state index is 12.9. The molecule has 1 aliphatic heterocycles. The monoisotopic (exact) mass is 466 g/mol. The van der Waals surface area contributed by atoms with Gasteiger partial charge in [0, 0.05) is 56.1 Å². The molecule has 31 heavy (non-hydrogen) atoms. The summed E-state index contributed by atoms with van der Waals surface area (Å²) in [4.78, 5) is 26.0. The number of Topliss-reactive ketones (excluding diaryl/α,β-unsaturated/α-hetero) is 1. The minimum Gasteiger partial charge on any atom is -0.345 e. The van der Waals surface area contributed by atoms with Crippen LogP contribution in [0, 0.1) is 13.8 Å². The van der Waals surface area contributed by atoms with E-state index in [0.29, 0.717) is 19.1 Å². The second-order valence-corrected chi connectivity index (χ2v) is 11.1. The average Bonchev–Trinajstić information content (AvgIpc) is 3.34. The molecule has 3 heterocycles. The van der Waals surface area contributed by atoms with Crippen LogP contribution in [0.25, 0.3) is 0 Å². The molecule has 168 valence electrons. The Labute approximate surface area is 185 Å². The molecule has 1 amide bonds. The number of piperazine rings is 1. The van der Waals surface area contributed by atoms with Crippen LogP contribution >= 0.6 is 11.3 Å². The largest absolute Gasteiger partial charge is 0.345 e. The van der Waals surface area contributed by atoms with Crippen molar-refractivity contribution >= 4 is 38.2 Å². The third-order valence-electron chi connectivity index (χ3n) is 5.65. The van der Waals surface area contributed by atoms with E-state index in [2.05, 4.69) is 20.1 Å². The first-order chi connectivity index (χ1) is 14.7. The number of nitrogens with zero attached hydrogens (tertiary/aromatic N) is 5. The molecule has 1 aliphatic carbocycles. The maximum Gasteiger partial charge on any atom is 0.272 e. The minimum absolute atomic E-state index is 0.0698. The number of aryl methyl sites for hydroxylation is 1. The van der Waals surface area contributed by atoms with Crippen molar-refractivity contribution in [3.63, 3.8) is 0 Å². The van der Waals surface area contributed by atoms with Gasteiger partial charge in [0.05, 0.1) is 6.54 Å². The molecule has 10 nitrogen and oxygen atoms in total. The van der Waals surface area contributed by atoms with Crippen LogP contribution in [-0.2, 0) is 14.8 Å². The van der Waals surface area contributed by atoms with Gasteiger partial charge in [0.1, 0.15) is 0 Å². The molecule has 0 bridgehead atoms. The van der Waals surface area contributed by atoms with Gasteiger partial charge >= 0.3 is 0 Å². The SMILES string of the molecule is CC(=O)Nc1nnc(S(=O)(=O)N2CCN(CC(=O)c3cc(C)n(C4CC4)c3C)CC2)s1. The van der Waals surface area contributed by atoms with E-state index in [1.807, 2.05) is 24.8 Å². The number of hydrogen-bond acceptors (Lipinski definition) is 8. The normalized spacial score (nSPS) is 18.3. The lowest BCUT2D eigenvalue weighted by molar-refractivity contribution is -0.114. The van der Waals surface area contributed by atoms with Crippen molar-refractivity contribution < 1.29 is 18.0 Å². The summed E-state index contributed by atoms with van der Waals surface area (Å²) in [7, 11) is -3.78. The molecule has 0 atom stereocenters. The highest BCUT2D eigenvalue weighted by Gasteiger charge is 2.33. The van der Waals surface area contributed by atoms with Crippen molar-refractivity contribution in [2.45, 2.75) is 44.0 Å². The summed E-state index contributed by atoms with van der Waals surface area (Å²) < 4.78 is 29.1. The quantitative estimate of drug-likeness (QED) is 0.485. The number of carbonyl (C=O) groups is 2. The molecule has 0 unspecified atom stereocenters. The third-order valence-corrected chi connectivity index (χ3v) is 8.73. The summed E-state index contributed by atoms with van der Waals surface area (Å²) in [6, 6.07) is 2.50. The lowest BCUT2D eigenvalue weighted by Crippen LogP contribution is -2.49. The molecular weight excluding hydrogens is 440 g/mol. The van der Waals surface area contributed by atoms with E-state index in [1.54, 1.807) is 0 Å². The Bertz CT molecular complexity index is 1110. The first-order valence-corrected chi connectivity index (χ1v) is 12.5. The molecular formula is C19H26N6O4S2. The Kier molecular flexibility index (Phi) is 5.99. The molecule has 1 saturated carbocycles. The fourth-order valence-electron chi connectivity index (χ4n) is 4.00. The van der Waals surface area contributed by atoms with Crippen LogP contribution in [0.1, 0.15) is 47.6 Å². The Morgan fingerprint density at radius 1 is 1.16 bits per heavy atom. The molecule has 1 saturated heterocycles. The lowest BCUT2D eigenvalue weighted by Gasteiger charge is -2.32. The van der Waals surface area contributed by atoms with Crippen LogP contribution in [-0.4, -0.2) is 76.8 Å². The fraction of sp³-hybridized carbons (Fsp3) is 0.579. The van der Waals surface area contributed by atoms with Gasteiger partial charge in [0.2, 0.25) is 15.4 Å². The van der Waals surface area contributed by atoms with Crippen molar-refractivity contribution in [1.82, 2.24) is 24.0 Å². The predicted molar refractivity (Wildman–Crippen MR) is 116 cm³/mol. The molecule has 4 rings (SSSR count). The summed E-state index contributed by atoms with van der Waals surface area (Å²) in [6.45, 7) is 7.09. The molecule has 1 N–H and O–H groups in total. The van der Waals surface area contributed by atoms with Crippen molar-refractivity contribution in [3.8, 4) is 0 Å². The molecule has 0 spiro atoms. The minimum atomic E-state index is -3.78. The van der Waals surface area contributed by atoms with Gasteiger partial charge in [-0.3, -0.25) is 14.5 Å². The Morgan fingerprint density at radius 3 is 2.45 bits per heavy atom. The van der Waals surface area contributed by atoms with Crippen LogP contribution in [0.3, 0.4) is 0 Å². The van der Waals surface area contributed by atoms with Crippen LogP contribution in [0.5, 0.6) is 0 Å². The van der Waals surface area contributed by atoms with E-state index in [1.165, 1.54) is 24.1 Å². The number of ketones is 1. The number of hydrogen-bond donors (Lipinski definition) is 1. The Balaban J connectivity index is 1.36. The van der Waals surface area contributed by atoms with E-state index in [9.17, 15) is 18.0 Å². The number of rotatable bonds is 7. The highest BCUT2D eigenvalue weighted by molar-refractivity contribution is 7.91. The van der Waals surface area contributed by atoms with Gasteiger partial charge in [-0.2, -0.15) is 4.31 Å². The van der Waals surface area contributed by atoms with Crippen LogP contribution < -0.4 is 5.32 Å². The molecule has 0 radical (unpaired) electrons. The maximum atomic E-state index is 12.9.